The van der Waals surface area contributed by atoms with Crippen LogP contribution in [0.3, 0.4) is 0 Å². The fourth-order valence-electron chi connectivity index (χ4n) is 3.22. The summed E-state index contributed by atoms with van der Waals surface area (Å²) >= 11 is 0. The first-order chi connectivity index (χ1) is 11.1. The Kier molecular flexibility index (Phi) is 4.69. The Morgan fingerprint density at radius 3 is 2.39 bits per heavy atom. The molecule has 0 N–H and O–H groups in total. The fraction of sp³-hybridized carbons (Fsp3) is 0.647. The highest BCUT2D eigenvalue weighted by molar-refractivity contribution is 5.59. The van der Waals surface area contributed by atoms with Crippen LogP contribution in [0.15, 0.2) is 12.1 Å². The minimum Gasteiger partial charge on any atom is -0.368 e. The largest absolute Gasteiger partial charge is 0.368 e. The maximum Gasteiger partial charge on any atom is 0.144 e. The number of hydrogen-bond donors (Lipinski definition) is 0. The van der Waals surface area contributed by atoms with E-state index in [0.717, 1.165) is 57.3 Å². The van der Waals surface area contributed by atoms with Crippen LogP contribution in [-0.2, 0) is 0 Å². The summed E-state index contributed by atoms with van der Waals surface area (Å²) in [6.07, 6.45) is 0. The maximum atomic E-state index is 9.35. The summed E-state index contributed by atoms with van der Waals surface area (Å²) in [7, 11) is 4.32. The normalized spacial score (nSPS) is 23.8. The highest BCUT2D eigenvalue weighted by Crippen LogP contribution is 2.25. The standard InChI is InChI=1S/C17H26N6/c1-14-13-23(9-6-21(14)3)16-10-15(12-18)19-17(11-16)22-7-4-20(2)5-8-22/h10-11,14H,4-9,13H2,1-3H3. The average molecular weight is 314 g/mol. The molecule has 0 aliphatic carbocycles. The number of anilines is 2. The van der Waals surface area contributed by atoms with E-state index >= 15 is 0 Å². The van der Waals surface area contributed by atoms with Crippen LogP contribution in [0.5, 0.6) is 0 Å². The molecular formula is C17H26N6. The van der Waals surface area contributed by atoms with E-state index in [4.69, 9.17) is 0 Å². The quantitative estimate of drug-likeness (QED) is 0.806. The molecule has 124 valence electrons. The molecule has 0 spiro atoms. The van der Waals surface area contributed by atoms with Crippen LogP contribution in [0.1, 0.15) is 12.6 Å². The van der Waals surface area contributed by atoms with Gasteiger partial charge in [0.15, 0.2) is 0 Å². The monoisotopic (exact) mass is 314 g/mol. The molecule has 0 saturated carbocycles. The van der Waals surface area contributed by atoms with Gasteiger partial charge in [0.1, 0.15) is 17.6 Å². The van der Waals surface area contributed by atoms with Crippen molar-refractivity contribution in [2.75, 3.05) is 69.7 Å². The van der Waals surface area contributed by atoms with E-state index in [1.165, 1.54) is 0 Å². The molecule has 1 aromatic rings. The van der Waals surface area contributed by atoms with Gasteiger partial charge in [0, 0.05) is 63.6 Å². The molecule has 3 rings (SSSR count). The van der Waals surface area contributed by atoms with Crippen molar-refractivity contribution >= 4 is 11.5 Å². The molecule has 0 amide bonds. The van der Waals surface area contributed by atoms with Gasteiger partial charge in [-0.25, -0.2) is 4.98 Å². The third kappa shape index (κ3) is 3.57. The molecule has 2 fully saturated rings. The minimum absolute atomic E-state index is 0.517. The van der Waals surface area contributed by atoms with Crippen LogP contribution in [0.2, 0.25) is 0 Å². The van der Waals surface area contributed by atoms with E-state index < -0.39 is 0 Å². The van der Waals surface area contributed by atoms with Gasteiger partial charge in [-0.05, 0) is 27.1 Å². The third-order valence-corrected chi connectivity index (χ3v) is 5.06. The zero-order valence-electron chi connectivity index (χ0n) is 14.4. The highest BCUT2D eigenvalue weighted by atomic mass is 15.3. The van der Waals surface area contributed by atoms with E-state index in [9.17, 15) is 5.26 Å². The maximum absolute atomic E-state index is 9.35. The van der Waals surface area contributed by atoms with Crippen LogP contribution in [0.25, 0.3) is 0 Å². The number of nitriles is 1. The number of aromatic nitrogens is 1. The van der Waals surface area contributed by atoms with Gasteiger partial charge in [-0.15, -0.1) is 0 Å². The van der Waals surface area contributed by atoms with Gasteiger partial charge in [-0.3, -0.25) is 0 Å². The Labute approximate surface area is 138 Å². The van der Waals surface area contributed by atoms with Gasteiger partial charge >= 0.3 is 0 Å². The zero-order chi connectivity index (χ0) is 16.4. The number of pyridine rings is 1. The SMILES string of the molecule is CC1CN(c2cc(C#N)nc(N3CCN(C)CC3)c2)CCN1C. The van der Waals surface area contributed by atoms with Gasteiger partial charge in [0.2, 0.25) is 0 Å². The van der Waals surface area contributed by atoms with E-state index in [2.05, 4.69) is 57.7 Å². The summed E-state index contributed by atoms with van der Waals surface area (Å²) in [6.45, 7) is 9.31. The molecule has 2 aliphatic rings. The molecular weight excluding hydrogens is 288 g/mol. The predicted molar refractivity (Wildman–Crippen MR) is 93.0 cm³/mol. The van der Waals surface area contributed by atoms with Crippen LogP contribution in [0, 0.1) is 11.3 Å². The number of likely N-dealkylation sites (N-methyl/N-ethyl adjacent to an activating group) is 2. The lowest BCUT2D eigenvalue weighted by Gasteiger charge is -2.39. The summed E-state index contributed by atoms with van der Waals surface area (Å²) in [5.41, 5.74) is 1.65. The Balaban J connectivity index is 1.83. The molecule has 1 atom stereocenters. The molecule has 2 aliphatic heterocycles. The smallest absolute Gasteiger partial charge is 0.144 e. The second kappa shape index (κ2) is 6.73. The van der Waals surface area contributed by atoms with Crippen molar-refractivity contribution in [1.29, 1.82) is 5.26 Å². The minimum atomic E-state index is 0.517. The molecule has 0 bridgehead atoms. The molecule has 3 heterocycles. The van der Waals surface area contributed by atoms with Gasteiger partial charge in [-0.1, -0.05) is 0 Å². The van der Waals surface area contributed by atoms with E-state index in [1.807, 2.05) is 6.07 Å². The molecule has 6 nitrogen and oxygen atoms in total. The van der Waals surface area contributed by atoms with Crippen molar-refractivity contribution in [2.45, 2.75) is 13.0 Å². The summed E-state index contributed by atoms with van der Waals surface area (Å²) in [5, 5.41) is 9.35. The number of piperazine rings is 2. The number of rotatable bonds is 2. The first-order valence-electron chi connectivity index (χ1n) is 8.37. The second-order valence-electron chi connectivity index (χ2n) is 6.75. The Bertz CT molecular complexity index is 587. The summed E-state index contributed by atoms with van der Waals surface area (Å²) in [6, 6.07) is 6.84. The van der Waals surface area contributed by atoms with Crippen LogP contribution in [0.4, 0.5) is 11.5 Å². The van der Waals surface area contributed by atoms with Crippen molar-refractivity contribution in [2.24, 2.45) is 0 Å². The fourth-order valence-corrected chi connectivity index (χ4v) is 3.22. The summed E-state index contributed by atoms with van der Waals surface area (Å²) < 4.78 is 0. The van der Waals surface area contributed by atoms with Crippen LogP contribution in [-0.4, -0.2) is 80.7 Å². The van der Waals surface area contributed by atoms with E-state index in [0.29, 0.717) is 11.7 Å². The van der Waals surface area contributed by atoms with Gasteiger partial charge in [0.05, 0.1) is 0 Å². The van der Waals surface area contributed by atoms with Crippen LogP contribution >= 0.6 is 0 Å². The molecule has 1 unspecified atom stereocenters. The second-order valence-corrected chi connectivity index (χ2v) is 6.75. The average Bonchev–Trinajstić information content (AvgIpc) is 2.57. The van der Waals surface area contributed by atoms with Gasteiger partial charge < -0.3 is 19.6 Å². The Morgan fingerprint density at radius 2 is 1.74 bits per heavy atom. The Morgan fingerprint density at radius 1 is 1.04 bits per heavy atom. The molecule has 6 heteroatoms. The zero-order valence-corrected chi connectivity index (χ0v) is 14.4. The van der Waals surface area contributed by atoms with Gasteiger partial charge in [0.25, 0.3) is 0 Å². The predicted octanol–water partition coefficient (Wildman–Crippen LogP) is 0.845. The number of hydrogen-bond acceptors (Lipinski definition) is 6. The van der Waals surface area contributed by atoms with Crippen molar-refractivity contribution < 1.29 is 0 Å². The highest BCUT2D eigenvalue weighted by Gasteiger charge is 2.23. The topological polar surface area (TPSA) is 49.6 Å². The molecule has 2 saturated heterocycles. The summed E-state index contributed by atoms with van der Waals surface area (Å²) in [5.74, 6) is 0.943. The van der Waals surface area contributed by atoms with Gasteiger partial charge in [-0.2, -0.15) is 5.26 Å². The lowest BCUT2D eigenvalue weighted by atomic mass is 10.1. The first kappa shape index (κ1) is 16.0. The van der Waals surface area contributed by atoms with Crippen LogP contribution < -0.4 is 9.80 Å². The summed E-state index contributed by atoms with van der Waals surface area (Å²) in [4.78, 5) is 13.9. The van der Waals surface area contributed by atoms with Crippen molar-refractivity contribution in [3.63, 3.8) is 0 Å². The van der Waals surface area contributed by atoms with Crippen molar-refractivity contribution in [1.82, 2.24) is 14.8 Å². The van der Waals surface area contributed by atoms with Crippen molar-refractivity contribution in [3.05, 3.63) is 17.8 Å². The lowest BCUT2D eigenvalue weighted by Crippen LogP contribution is -2.50. The molecule has 0 radical (unpaired) electrons. The van der Waals surface area contributed by atoms with Crippen molar-refractivity contribution in [3.8, 4) is 6.07 Å². The Hall–Kier alpha value is -1.84. The lowest BCUT2D eigenvalue weighted by molar-refractivity contribution is 0.234. The molecule has 1 aromatic heterocycles. The number of nitrogens with zero attached hydrogens (tertiary/aromatic N) is 6. The van der Waals surface area contributed by atoms with E-state index in [1.54, 1.807) is 0 Å². The first-order valence-corrected chi connectivity index (χ1v) is 8.37. The molecule has 0 aromatic carbocycles. The third-order valence-electron chi connectivity index (χ3n) is 5.06. The van der Waals surface area contributed by atoms with E-state index in [-0.39, 0.29) is 0 Å². The molecule has 23 heavy (non-hydrogen) atoms.